The van der Waals surface area contributed by atoms with Crippen molar-refractivity contribution in [2.75, 3.05) is 0 Å². The van der Waals surface area contributed by atoms with E-state index in [1.165, 1.54) is 18.2 Å². The van der Waals surface area contributed by atoms with Crippen LogP contribution in [-0.4, -0.2) is 28.0 Å². The third kappa shape index (κ3) is 3.44. The number of aromatic nitrogens is 1. The van der Waals surface area contributed by atoms with Gasteiger partial charge in [-0.3, -0.25) is 9.59 Å². The highest BCUT2D eigenvalue weighted by Gasteiger charge is 2.25. The Labute approximate surface area is 104 Å². The largest absolute Gasteiger partial charge is 0.480 e. The number of rotatable bonds is 5. The molecule has 1 heterocycles. The quantitative estimate of drug-likeness (QED) is 0.714. The average Bonchev–Trinajstić information content (AvgIpc) is 2.34. The molecule has 1 unspecified atom stereocenters. The van der Waals surface area contributed by atoms with Gasteiger partial charge in [-0.15, -0.1) is 0 Å². The molecule has 6 nitrogen and oxygen atoms in total. The van der Waals surface area contributed by atoms with E-state index >= 15 is 0 Å². The summed E-state index contributed by atoms with van der Waals surface area (Å²) in [4.78, 5) is 36.2. The van der Waals surface area contributed by atoms with E-state index in [1.807, 2.05) is 6.92 Å². The van der Waals surface area contributed by atoms with Crippen LogP contribution in [0.2, 0.25) is 0 Å². The van der Waals surface area contributed by atoms with Crippen molar-refractivity contribution in [1.82, 2.24) is 10.3 Å². The molecule has 0 spiro atoms. The first-order chi connectivity index (χ1) is 8.45. The summed E-state index contributed by atoms with van der Waals surface area (Å²) in [5, 5.41) is 11.4. The number of amides is 1. The smallest absolute Gasteiger partial charge is 0.326 e. The Hall–Kier alpha value is -2.11. The zero-order valence-corrected chi connectivity index (χ0v) is 10.3. The van der Waals surface area contributed by atoms with E-state index in [0.717, 1.165) is 0 Å². The number of carbonyl (C=O) groups is 2. The Morgan fingerprint density at radius 2 is 2.11 bits per heavy atom. The first-order valence-electron chi connectivity index (χ1n) is 5.68. The van der Waals surface area contributed by atoms with Crippen LogP contribution < -0.4 is 10.9 Å². The lowest BCUT2D eigenvalue weighted by atomic mass is 9.99. The zero-order valence-electron chi connectivity index (χ0n) is 10.3. The number of aromatic amines is 1. The van der Waals surface area contributed by atoms with Gasteiger partial charge < -0.3 is 15.4 Å². The SMILES string of the molecule is CCC(C)[C@H](NC(=O)c1cccc(=O)[nH]1)C(=O)O. The predicted molar refractivity (Wildman–Crippen MR) is 65.4 cm³/mol. The molecular formula is C12H16N2O4. The minimum Gasteiger partial charge on any atom is -0.480 e. The van der Waals surface area contributed by atoms with Gasteiger partial charge in [-0.25, -0.2) is 4.79 Å². The lowest BCUT2D eigenvalue weighted by Gasteiger charge is -2.19. The molecule has 1 amide bonds. The molecule has 0 aromatic carbocycles. The van der Waals surface area contributed by atoms with Crippen LogP contribution in [0.4, 0.5) is 0 Å². The molecule has 98 valence electrons. The van der Waals surface area contributed by atoms with Crippen LogP contribution in [-0.2, 0) is 4.79 Å². The van der Waals surface area contributed by atoms with E-state index in [0.29, 0.717) is 6.42 Å². The number of hydrogen-bond acceptors (Lipinski definition) is 3. The number of carboxylic acid groups (broad SMARTS) is 1. The van der Waals surface area contributed by atoms with Crippen LogP contribution in [0.5, 0.6) is 0 Å². The lowest BCUT2D eigenvalue weighted by Crippen LogP contribution is -2.45. The number of carboxylic acids is 1. The summed E-state index contributed by atoms with van der Waals surface area (Å²) in [6, 6.07) is 3.17. The monoisotopic (exact) mass is 252 g/mol. The van der Waals surface area contributed by atoms with Gasteiger partial charge in [0.25, 0.3) is 5.91 Å². The Balaban J connectivity index is 2.85. The minimum absolute atomic E-state index is 0.0528. The molecule has 2 atom stereocenters. The second-order valence-electron chi connectivity index (χ2n) is 4.10. The van der Waals surface area contributed by atoms with Crippen LogP contribution >= 0.6 is 0 Å². The maximum Gasteiger partial charge on any atom is 0.326 e. The van der Waals surface area contributed by atoms with Crippen molar-refractivity contribution in [3.63, 3.8) is 0 Å². The Bertz CT molecular complexity index is 495. The van der Waals surface area contributed by atoms with Gasteiger partial charge in [0.1, 0.15) is 11.7 Å². The van der Waals surface area contributed by atoms with Crippen molar-refractivity contribution >= 4 is 11.9 Å². The van der Waals surface area contributed by atoms with Crippen LogP contribution in [0.15, 0.2) is 23.0 Å². The third-order valence-electron chi connectivity index (χ3n) is 2.78. The van der Waals surface area contributed by atoms with Gasteiger partial charge in [0.05, 0.1) is 0 Å². The van der Waals surface area contributed by atoms with Gasteiger partial charge in [0, 0.05) is 6.07 Å². The van der Waals surface area contributed by atoms with Crippen molar-refractivity contribution in [1.29, 1.82) is 0 Å². The first kappa shape index (κ1) is 14.0. The summed E-state index contributed by atoms with van der Waals surface area (Å²) in [7, 11) is 0. The topological polar surface area (TPSA) is 99.3 Å². The van der Waals surface area contributed by atoms with Crippen LogP contribution in [0.25, 0.3) is 0 Å². The average molecular weight is 252 g/mol. The van der Waals surface area contributed by atoms with Crippen molar-refractivity contribution < 1.29 is 14.7 Å². The number of carbonyl (C=O) groups excluding carboxylic acids is 1. The summed E-state index contributed by atoms with van der Waals surface area (Å²) in [6.45, 7) is 3.59. The summed E-state index contributed by atoms with van der Waals surface area (Å²) in [6.07, 6.45) is 0.628. The number of nitrogens with one attached hydrogen (secondary N) is 2. The number of aliphatic carboxylic acids is 1. The fraction of sp³-hybridized carbons (Fsp3) is 0.417. The van der Waals surface area contributed by atoms with Gasteiger partial charge in [-0.2, -0.15) is 0 Å². The Kier molecular flexibility index (Phi) is 4.65. The molecule has 0 aliphatic rings. The van der Waals surface area contributed by atoms with E-state index in [9.17, 15) is 14.4 Å². The lowest BCUT2D eigenvalue weighted by molar-refractivity contribution is -0.140. The Morgan fingerprint density at radius 3 is 2.61 bits per heavy atom. The van der Waals surface area contributed by atoms with E-state index in [4.69, 9.17) is 5.11 Å². The molecule has 1 rings (SSSR count). The molecule has 0 aliphatic carbocycles. The molecule has 0 fully saturated rings. The normalized spacial score (nSPS) is 13.7. The van der Waals surface area contributed by atoms with E-state index < -0.39 is 23.5 Å². The summed E-state index contributed by atoms with van der Waals surface area (Å²) < 4.78 is 0. The molecule has 6 heteroatoms. The van der Waals surface area contributed by atoms with E-state index in [2.05, 4.69) is 10.3 Å². The highest BCUT2D eigenvalue weighted by atomic mass is 16.4. The van der Waals surface area contributed by atoms with Crippen LogP contribution in [0.1, 0.15) is 30.8 Å². The van der Waals surface area contributed by atoms with Gasteiger partial charge >= 0.3 is 5.97 Å². The maximum atomic E-state index is 11.8. The highest BCUT2D eigenvalue weighted by molar-refractivity contribution is 5.94. The molecular weight excluding hydrogens is 236 g/mol. The second kappa shape index (κ2) is 6.00. The second-order valence-corrected chi connectivity index (χ2v) is 4.10. The van der Waals surface area contributed by atoms with Crippen molar-refractivity contribution in [2.45, 2.75) is 26.3 Å². The molecule has 0 bridgehead atoms. The molecule has 1 aromatic heterocycles. The van der Waals surface area contributed by atoms with Crippen molar-refractivity contribution in [2.24, 2.45) is 5.92 Å². The molecule has 18 heavy (non-hydrogen) atoms. The molecule has 0 radical (unpaired) electrons. The van der Waals surface area contributed by atoms with E-state index in [1.54, 1.807) is 6.92 Å². The van der Waals surface area contributed by atoms with E-state index in [-0.39, 0.29) is 11.6 Å². The first-order valence-corrected chi connectivity index (χ1v) is 5.68. The van der Waals surface area contributed by atoms with Gasteiger partial charge in [0.15, 0.2) is 0 Å². The minimum atomic E-state index is -1.09. The summed E-state index contributed by atoms with van der Waals surface area (Å²) in [5.41, 5.74) is -0.352. The van der Waals surface area contributed by atoms with Gasteiger partial charge in [-0.1, -0.05) is 26.3 Å². The summed E-state index contributed by atoms with van der Waals surface area (Å²) >= 11 is 0. The highest BCUT2D eigenvalue weighted by Crippen LogP contribution is 2.08. The maximum absolute atomic E-state index is 11.8. The fourth-order valence-corrected chi connectivity index (χ4v) is 1.48. The fourth-order valence-electron chi connectivity index (χ4n) is 1.48. The number of hydrogen-bond donors (Lipinski definition) is 3. The molecule has 0 saturated carbocycles. The predicted octanol–water partition coefficient (Wildman–Crippen LogP) is 0.604. The molecule has 0 aliphatic heterocycles. The Morgan fingerprint density at radius 1 is 1.44 bits per heavy atom. The molecule has 1 aromatic rings. The molecule has 0 saturated heterocycles. The zero-order chi connectivity index (χ0) is 13.7. The van der Waals surface area contributed by atoms with Crippen LogP contribution in [0, 0.1) is 5.92 Å². The van der Waals surface area contributed by atoms with Crippen molar-refractivity contribution in [3.8, 4) is 0 Å². The number of H-pyrrole nitrogens is 1. The van der Waals surface area contributed by atoms with Crippen molar-refractivity contribution in [3.05, 3.63) is 34.2 Å². The van der Waals surface area contributed by atoms with Gasteiger partial charge in [0.2, 0.25) is 5.56 Å². The summed E-state index contributed by atoms with van der Waals surface area (Å²) in [5.74, 6) is -1.88. The molecule has 3 N–H and O–H groups in total. The standard InChI is InChI=1S/C12H16N2O4/c1-3-7(2)10(12(17)18)14-11(16)8-5-4-6-9(15)13-8/h4-7,10H,3H2,1-2H3,(H,13,15)(H,14,16)(H,17,18)/t7?,10-/m0/s1. The number of pyridine rings is 1. The van der Waals surface area contributed by atoms with Crippen LogP contribution in [0.3, 0.4) is 0 Å². The third-order valence-corrected chi connectivity index (χ3v) is 2.78. The van der Waals surface area contributed by atoms with Gasteiger partial charge in [-0.05, 0) is 12.0 Å².